The first-order chi connectivity index (χ1) is 18.1. The van der Waals surface area contributed by atoms with Gasteiger partial charge in [0.1, 0.15) is 11.4 Å². The molecule has 0 aliphatic carbocycles. The molecular weight excluding hydrogens is 505 g/mol. The van der Waals surface area contributed by atoms with Gasteiger partial charge in [0.25, 0.3) is 5.91 Å². The third-order valence-electron chi connectivity index (χ3n) is 6.15. The predicted molar refractivity (Wildman–Crippen MR) is 131 cm³/mol. The van der Waals surface area contributed by atoms with Gasteiger partial charge in [-0.1, -0.05) is 6.07 Å². The van der Waals surface area contributed by atoms with Gasteiger partial charge >= 0.3 is 12.1 Å². The molecule has 0 spiro atoms. The number of hydrogen-bond acceptors (Lipinski definition) is 6. The summed E-state index contributed by atoms with van der Waals surface area (Å²) in [7, 11) is 3.74. The van der Waals surface area contributed by atoms with Crippen molar-refractivity contribution in [3.05, 3.63) is 78.5 Å². The van der Waals surface area contributed by atoms with Crippen LogP contribution in [0, 0.1) is 0 Å². The number of aromatic nitrogens is 2. The summed E-state index contributed by atoms with van der Waals surface area (Å²) in [5.41, 5.74) is 3.97. The van der Waals surface area contributed by atoms with Gasteiger partial charge in [-0.2, -0.15) is 13.2 Å². The second-order valence-electron chi connectivity index (χ2n) is 8.56. The molecular formula is C26H25F3N4O5. The van der Waals surface area contributed by atoms with Gasteiger partial charge < -0.3 is 19.2 Å². The Labute approximate surface area is 215 Å². The summed E-state index contributed by atoms with van der Waals surface area (Å²) < 4.78 is 44.4. The van der Waals surface area contributed by atoms with Crippen molar-refractivity contribution < 1.29 is 37.0 Å². The van der Waals surface area contributed by atoms with Crippen LogP contribution in [0.5, 0.6) is 5.75 Å². The minimum atomic E-state index is -5.08. The number of rotatable bonds is 4. The number of pyridine rings is 1. The normalized spacial score (nSPS) is 16.1. The average Bonchev–Trinajstić information content (AvgIpc) is 3.59. The van der Waals surface area contributed by atoms with E-state index in [9.17, 15) is 18.0 Å². The van der Waals surface area contributed by atoms with Crippen molar-refractivity contribution >= 4 is 17.5 Å². The van der Waals surface area contributed by atoms with Gasteiger partial charge in [-0.3, -0.25) is 14.1 Å². The van der Waals surface area contributed by atoms with E-state index in [2.05, 4.69) is 28.6 Å². The smallest absolute Gasteiger partial charge is 0.490 e. The molecule has 1 aliphatic rings. The predicted octanol–water partition coefficient (Wildman–Crippen LogP) is 4.37. The number of amides is 1. The molecule has 4 aromatic rings. The zero-order chi connectivity index (χ0) is 27.4. The molecule has 12 heteroatoms. The Morgan fingerprint density at radius 1 is 1.08 bits per heavy atom. The number of carbonyl (C=O) groups excluding carboxylic acids is 1. The molecule has 0 radical (unpaired) electrons. The highest BCUT2D eigenvalue weighted by Crippen LogP contribution is 2.28. The van der Waals surface area contributed by atoms with Gasteiger partial charge in [0, 0.05) is 25.8 Å². The Balaban J connectivity index is 0.000000426. The van der Waals surface area contributed by atoms with Crippen molar-refractivity contribution in [2.75, 3.05) is 33.8 Å². The number of carbonyl (C=O) groups is 2. The number of aliphatic carboxylic acids is 1. The van der Waals surface area contributed by atoms with Gasteiger partial charge in [-0.05, 0) is 61.1 Å². The molecule has 200 valence electrons. The molecule has 1 aromatic carbocycles. The van der Waals surface area contributed by atoms with Gasteiger partial charge in [0.15, 0.2) is 5.76 Å². The largest absolute Gasteiger partial charge is 0.497 e. The lowest BCUT2D eigenvalue weighted by Crippen LogP contribution is -2.49. The Bertz CT molecular complexity index is 1400. The average molecular weight is 531 g/mol. The van der Waals surface area contributed by atoms with E-state index in [0.29, 0.717) is 18.8 Å². The maximum absolute atomic E-state index is 12.8. The number of benzene rings is 1. The summed E-state index contributed by atoms with van der Waals surface area (Å²) in [5, 5.41) is 7.12. The zero-order valence-corrected chi connectivity index (χ0v) is 20.6. The van der Waals surface area contributed by atoms with Crippen molar-refractivity contribution in [1.29, 1.82) is 0 Å². The quantitative estimate of drug-likeness (QED) is 0.418. The lowest BCUT2D eigenvalue weighted by molar-refractivity contribution is -0.192. The molecule has 1 fully saturated rings. The van der Waals surface area contributed by atoms with Crippen LogP contribution < -0.4 is 4.74 Å². The fourth-order valence-corrected chi connectivity index (χ4v) is 4.12. The summed E-state index contributed by atoms with van der Waals surface area (Å²) in [6, 6.07) is 17.6. The Morgan fingerprint density at radius 2 is 1.79 bits per heavy atom. The van der Waals surface area contributed by atoms with E-state index >= 15 is 0 Å². The summed E-state index contributed by atoms with van der Waals surface area (Å²) in [4.78, 5) is 30.7. The zero-order valence-electron chi connectivity index (χ0n) is 20.6. The molecule has 1 N–H and O–H groups in total. The first-order valence-electron chi connectivity index (χ1n) is 11.5. The van der Waals surface area contributed by atoms with Crippen molar-refractivity contribution in [2.24, 2.45) is 0 Å². The van der Waals surface area contributed by atoms with Gasteiger partial charge in [0.2, 0.25) is 0 Å². The highest BCUT2D eigenvalue weighted by Gasteiger charge is 2.38. The van der Waals surface area contributed by atoms with Crippen molar-refractivity contribution in [2.45, 2.75) is 12.2 Å². The third-order valence-corrected chi connectivity index (χ3v) is 6.15. The molecule has 38 heavy (non-hydrogen) atoms. The topological polar surface area (TPSA) is 101 Å². The van der Waals surface area contributed by atoms with Gasteiger partial charge in [-0.15, -0.1) is 0 Å². The second-order valence-corrected chi connectivity index (χ2v) is 8.56. The number of likely N-dealkylation sites (N-methyl/N-ethyl adjacent to an activating group) is 1. The number of carboxylic acid groups (broad SMARTS) is 1. The number of halogens is 3. The fraction of sp³-hybridized carbons (Fsp3) is 0.269. The minimum absolute atomic E-state index is 0.0104. The number of methoxy groups -OCH3 is 1. The number of hydrogen-bond donors (Lipinski definition) is 1. The highest BCUT2D eigenvalue weighted by molar-refractivity contribution is 5.91. The standard InChI is InChI=1S/C24H24N4O3.C2HF3O2/c1-26-12-13-27(24(29)22-6-4-14-31-22)16-21(26)19-15-28-20(5-3-7-23(28)25-19)17-8-10-18(30-2)11-9-17;3-2(4,5)1(6)7/h3-11,14-15,21H,12-13,16H2,1-2H3;(H,6,7). The summed E-state index contributed by atoms with van der Waals surface area (Å²) >= 11 is 0. The first kappa shape index (κ1) is 26.7. The van der Waals surface area contributed by atoms with E-state index in [1.54, 1.807) is 19.2 Å². The lowest BCUT2D eigenvalue weighted by atomic mass is 10.1. The molecule has 1 saturated heterocycles. The van der Waals surface area contributed by atoms with Crippen LogP contribution in [0.1, 0.15) is 22.3 Å². The van der Waals surface area contributed by atoms with Crippen LogP contribution in [-0.4, -0.2) is 76.1 Å². The minimum Gasteiger partial charge on any atom is -0.497 e. The number of imidazole rings is 1. The number of furan rings is 1. The molecule has 3 aromatic heterocycles. The van der Waals surface area contributed by atoms with Crippen LogP contribution in [0.15, 0.2) is 71.5 Å². The first-order valence-corrected chi connectivity index (χ1v) is 11.5. The number of carboxylic acids is 1. The van der Waals surface area contributed by atoms with Crippen molar-refractivity contribution in [3.63, 3.8) is 0 Å². The maximum atomic E-state index is 12.8. The monoisotopic (exact) mass is 530 g/mol. The summed E-state index contributed by atoms with van der Waals surface area (Å²) in [6.45, 7) is 2.01. The number of fused-ring (bicyclic) bond motifs is 1. The second kappa shape index (κ2) is 11.0. The van der Waals surface area contributed by atoms with Crippen LogP contribution in [0.4, 0.5) is 13.2 Å². The molecule has 0 bridgehead atoms. The molecule has 1 unspecified atom stereocenters. The molecule has 4 heterocycles. The highest BCUT2D eigenvalue weighted by atomic mass is 19.4. The van der Waals surface area contributed by atoms with Crippen molar-refractivity contribution in [3.8, 4) is 17.0 Å². The molecule has 1 aliphatic heterocycles. The van der Waals surface area contributed by atoms with Crippen LogP contribution in [0.25, 0.3) is 16.9 Å². The van der Waals surface area contributed by atoms with E-state index < -0.39 is 12.1 Å². The molecule has 5 rings (SSSR count). The third kappa shape index (κ3) is 5.80. The fourth-order valence-electron chi connectivity index (χ4n) is 4.12. The molecule has 9 nitrogen and oxygen atoms in total. The summed E-state index contributed by atoms with van der Waals surface area (Å²) in [5.74, 6) is -1.63. The Hall–Kier alpha value is -4.32. The van der Waals surface area contributed by atoms with Crippen molar-refractivity contribution in [1.82, 2.24) is 19.2 Å². The van der Waals surface area contributed by atoms with E-state index in [0.717, 1.165) is 34.9 Å². The van der Waals surface area contributed by atoms with Crippen LogP contribution >= 0.6 is 0 Å². The molecule has 1 amide bonds. The number of piperazine rings is 1. The van der Waals surface area contributed by atoms with Gasteiger partial charge in [0.05, 0.1) is 30.8 Å². The van der Waals surface area contributed by atoms with E-state index in [4.69, 9.17) is 24.0 Å². The number of alkyl halides is 3. The van der Waals surface area contributed by atoms with Crippen LogP contribution in [-0.2, 0) is 4.79 Å². The number of nitrogens with zero attached hydrogens (tertiary/aromatic N) is 4. The molecule has 0 saturated carbocycles. The number of ether oxygens (including phenoxy) is 1. The van der Waals surface area contributed by atoms with E-state index in [1.165, 1.54) is 6.26 Å². The SMILES string of the molecule is COc1ccc(-c2cccc3nc(C4CN(C(=O)c5ccco5)CCN4C)cn23)cc1.O=C(O)C(F)(F)F. The Kier molecular flexibility index (Phi) is 7.72. The van der Waals surface area contributed by atoms with Crippen LogP contribution in [0.3, 0.4) is 0 Å². The Morgan fingerprint density at radius 3 is 2.39 bits per heavy atom. The summed E-state index contributed by atoms with van der Waals surface area (Å²) in [6.07, 6.45) is -1.47. The van der Waals surface area contributed by atoms with E-state index in [-0.39, 0.29) is 11.9 Å². The van der Waals surface area contributed by atoms with E-state index in [1.807, 2.05) is 41.3 Å². The molecule has 1 atom stereocenters. The van der Waals surface area contributed by atoms with Crippen LogP contribution in [0.2, 0.25) is 0 Å². The lowest BCUT2D eigenvalue weighted by Gasteiger charge is -2.38. The maximum Gasteiger partial charge on any atom is 0.490 e. The van der Waals surface area contributed by atoms with Gasteiger partial charge in [-0.25, -0.2) is 9.78 Å².